The van der Waals surface area contributed by atoms with Gasteiger partial charge in [-0.15, -0.1) is 5.10 Å². The number of aromatic nitrogens is 3. The molecule has 2 atom stereocenters. The third-order valence-electron chi connectivity index (χ3n) is 4.74. The van der Waals surface area contributed by atoms with E-state index in [2.05, 4.69) is 15.6 Å². The van der Waals surface area contributed by atoms with E-state index in [1.54, 1.807) is 10.9 Å². The summed E-state index contributed by atoms with van der Waals surface area (Å²) in [4.78, 5) is 24.3. The third kappa shape index (κ3) is 5.69. The second-order valence-electron chi connectivity index (χ2n) is 6.86. The highest BCUT2D eigenvalue weighted by Gasteiger charge is 2.30. The van der Waals surface area contributed by atoms with Gasteiger partial charge < -0.3 is 16.8 Å². The van der Waals surface area contributed by atoms with Crippen LogP contribution in [-0.2, 0) is 9.59 Å². The van der Waals surface area contributed by atoms with Crippen LogP contribution in [0.4, 0.5) is 0 Å². The van der Waals surface area contributed by atoms with Crippen molar-refractivity contribution < 1.29 is 9.59 Å². The van der Waals surface area contributed by atoms with Gasteiger partial charge >= 0.3 is 0 Å². The van der Waals surface area contributed by atoms with Gasteiger partial charge in [0.05, 0.1) is 17.9 Å². The molecule has 1 aliphatic heterocycles. The zero-order valence-corrected chi connectivity index (χ0v) is 15.0. The molecular formula is C17H30N6O2. The third-order valence-corrected chi connectivity index (χ3v) is 4.74. The Balaban J connectivity index is 2.12. The van der Waals surface area contributed by atoms with E-state index in [-0.39, 0.29) is 29.9 Å². The molecule has 8 nitrogen and oxygen atoms in total. The van der Waals surface area contributed by atoms with Gasteiger partial charge in [0.15, 0.2) is 5.78 Å². The van der Waals surface area contributed by atoms with Gasteiger partial charge in [0.2, 0.25) is 0 Å². The predicted molar refractivity (Wildman–Crippen MR) is 94.8 cm³/mol. The lowest BCUT2D eigenvalue weighted by Crippen LogP contribution is -2.35. The molecule has 0 aromatic carbocycles. The number of hydrogen-bond acceptors (Lipinski definition) is 7. The van der Waals surface area contributed by atoms with E-state index in [1.807, 2.05) is 0 Å². The molecule has 0 unspecified atom stereocenters. The summed E-state index contributed by atoms with van der Waals surface area (Å²) in [5.41, 5.74) is 12.1. The maximum absolute atomic E-state index is 13.0. The molecule has 0 spiro atoms. The van der Waals surface area contributed by atoms with Crippen molar-refractivity contribution in [3.8, 4) is 0 Å². The highest BCUT2D eigenvalue weighted by molar-refractivity contribution is 5.85. The molecule has 1 aromatic rings. The van der Waals surface area contributed by atoms with E-state index >= 15 is 0 Å². The Morgan fingerprint density at radius 1 is 1.36 bits per heavy atom. The number of Topliss-reactive ketones (excluding diaryl/α,β-unsaturated/α-hetero) is 2. The molecule has 25 heavy (non-hydrogen) atoms. The molecule has 2 rings (SSSR count). The largest absolute Gasteiger partial charge is 0.330 e. The Bertz CT molecular complexity index is 567. The Morgan fingerprint density at radius 3 is 2.72 bits per heavy atom. The molecule has 0 radical (unpaired) electrons. The average Bonchev–Trinajstić information content (AvgIpc) is 3.08. The summed E-state index contributed by atoms with van der Waals surface area (Å²) >= 11 is 0. The molecule has 140 valence electrons. The van der Waals surface area contributed by atoms with Crippen LogP contribution in [-0.4, -0.2) is 46.2 Å². The summed E-state index contributed by atoms with van der Waals surface area (Å²) in [7, 11) is 0. The van der Waals surface area contributed by atoms with Crippen LogP contribution < -0.4 is 16.8 Å². The summed E-state index contributed by atoms with van der Waals surface area (Å²) in [5.74, 6) is 0.283. The fourth-order valence-corrected chi connectivity index (χ4v) is 3.29. The lowest BCUT2D eigenvalue weighted by molar-refractivity contribution is -0.127. The Labute approximate surface area is 148 Å². The molecule has 0 aliphatic carbocycles. The Morgan fingerprint density at radius 2 is 2.08 bits per heavy atom. The number of nitrogens with one attached hydrogen (secondary N) is 1. The first kappa shape index (κ1) is 19.7. The number of nitrogens with two attached hydrogens (primary N) is 2. The predicted octanol–water partition coefficient (Wildman–Crippen LogP) is 0.496. The molecule has 1 aliphatic rings. The highest BCUT2D eigenvalue weighted by atomic mass is 16.1. The number of carbonyl (C=O) groups excluding carboxylic acids is 2. The molecule has 5 N–H and O–H groups in total. The topological polar surface area (TPSA) is 129 Å². The lowest BCUT2D eigenvalue weighted by atomic mass is 9.88. The van der Waals surface area contributed by atoms with Crippen molar-refractivity contribution in [2.24, 2.45) is 17.4 Å². The second-order valence-corrected chi connectivity index (χ2v) is 6.86. The van der Waals surface area contributed by atoms with Gasteiger partial charge in [-0.3, -0.25) is 9.59 Å². The molecule has 1 fully saturated rings. The van der Waals surface area contributed by atoms with Crippen LogP contribution in [0.1, 0.15) is 63.2 Å². The number of nitrogens with zero attached hydrogens (tertiary/aromatic N) is 3. The van der Waals surface area contributed by atoms with Crippen LogP contribution in [0.5, 0.6) is 0 Å². The SMILES string of the molecule is CC(=O)C[C@H](N)c1cn([C@@H](CCCCN)C(=O)C2CCNCC2)nn1. The molecular weight excluding hydrogens is 320 g/mol. The van der Waals surface area contributed by atoms with Gasteiger partial charge in [-0.05, 0) is 58.7 Å². The molecule has 0 amide bonds. The van der Waals surface area contributed by atoms with Gasteiger partial charge in [-0.25, -0.2) is 4.68 Å². The standard InChI is InChI=1S/C17H30N6O2/c1-12(24)10-14(19)15-11-23(22-21-15)16(4-2-3-7-18)17(25)13-5-8-20-9-6-13/h11,13-14,16,20H,2-10,18-19H2,1H3/t14-,16-/m0/s1. The fraction of sp³-hybridized carbons (Fsp3) is 0.765. The minimum Gasteiger partial charge on any atom is -0.330 e. The lowest BCUT2D eigenvalue weighted by Gasteiger charge is -2.26. The quantitative estimate of drug-likeness (QED) is 0.524. The first-order valence-electron chi connectivity index (χ1n) is 9.14. The van der Waals surface area contributed by atoms with Crippen LogP contribution in [0, 0.1) is 5.92 Å². The first-order valence-corrected chi connectivity index (χ1v) is 9.14. The molecule has 2 heterocycles. The molecule has 1 saturated heterocycles. The van der Waals surface area contributed by atoms with Gasteiger partial charge in [-0.1, -0.05) is 5.21 Å². The maximum atomic E-state index is 13.0. The van der Waals surface area contributed by atoms with Gasteiger partial charge in [0.1, 0.15) is 11.8 Å². The zero-order chi connectivity index (χ0) is 18.2. The maximum Gasteiger partial charge on any atom is 0.160 e. The van der Waals surface area contributed by atoms with Crippen molar-refractivity contribution in [3.05, 3.63) is 11.9 Å². The zero-order valence-electron chi connectivity index (χ0n) is 15.0. The minimum absolute atomic E-state index is 0.00679. The van der Waals surface area contributed by atoms with E-state index in [0.717, 1.165) is 38.8 Å². The summed E-state index contributed by atoms with van der Waals surface area (Å²) < 4.78 is 1.64. The molecule has 1 aromatic heterocycles. The Hall–Kier alpha value is -1.64. The number of carbonyl (C=O) groups is 2. The summed E-state index contributed by atoms with van der Waals surface area (Å²) in [6.45, 7) is 3.86. The van der Waals surface area contributed by atoms with Crippen molar-refractivity contribution in [2.75, 3.05) is 19.6 Å². The fourth-order valence-electron chi connectivity index (χ4n) is 3.29. The smallest absolute Gasteiger partial charge is 0.160 e. The van der Waals surface area contributed by atoms with Gasteiger partial charge in [0.25, 0.3) is 0 Å². The number of piperidine rings is 1. The van der Waals surface area contributed by atoms with E-state index in [1.165, 1.54) is 6.92 Å². The van der Waals surface area contributed by atoms with Crippen LogP contribution >= 0.6 is 0 Å². The van der Waals surface area contributed by atoms with Crippen molar-refractivity contribution in [3.63, 3.8) is 0 Å². The second kappa shape index (κ2) is 9.74. The van der Waals surface area contributed by atoms with E-state index in [4.69, 9.17) is 11.5 Å². The van der Waals surface area contributed by atoms with Crippen LogP contribution in [0.2, 0.25) is 0 Å². The monoisotopic (exact) mass is 350 g/mol. The van der Waals surface area contributed by atoms with Crippen molar-refractivity contribution in [2.45, 2.75) is 57.5 Å². The van der Waals surface area contributed by atoms with Gasteiger partial charge in [-0.2, -0.15) is 0 Å². The van der Waals surface area contributed by atoms with E-state index in [0.29, 0.717) is 18.7 Å². The molecule has 8 heteroatoms. The van der Waals surface area contributed by atoms with Crippen LogP contribution in [0.15, 0.2) is 6.20 Å². The average molecular weight is 350 g/mol. The van der Waals surface area contributed by atoms with Crippen molar-refractivity contribution in [1.82, 2.24) is 20.3 Å². The summed E-state index contributed by atoms with van der Waals surface area (Å²) in [5, 5.41) is 11.5. The molecule has 0 bridgehead atoms. The summed E-state index contributed by atoms with van der Waals surface area (Å²) in [6, 6.07) is -0.814. The van der Waals surface area contributed by atoms with Crippen molar-refractivity contribution >= 4 is 11.6 Å². The molecule has 0 saturated carbocycles. The number of unbranched alkanes of at least 4 members (excludes halogenated alkanes) is 1. The number of hydrogen-bond donors (Lipinski definition) is 3. The van der Waals surface area contributed by atoms with Crippen molar-refractivity contribution in [1.29, 1.82) is 0 Å². The summed E-state index contributed by atoms with van der Waals surface area (Å²) in [6.07, 6.45) is 6.10. The first-order chi connectivity index (χ1) is 12.0. The van der Waals surface area contributed by atoms with E-state index in [9.17, 15) is 9.59 Å². The number of rotatable bonds is 10. The van der Waals surface area contributed by atoms with E-state index < -0.39 is 6.04 Å². The normalized spacial score (nSPS) is 18.0. The number of ketones is 2. The minimum atomic E-state index is -0.482. The highest BCUT2D eigenvalue weighted by Crippen LogP contribution is 2.25. The van der Waals surface area contributed by atoms with Crippen LogP contribution in [0.3, 0.4) is 0 Å². The van der Waals surface area contributed by atoms with Crippen LogP contribution in [0.25, 0.3) is 0 Å². The van der Waals surface area contributed by atoms with Gasteiger partial charge in [0, 0.05) is 12.3 Å². The Kier molecular flexibility index (Phi) is 7.67.